The summed E-state index contributed by atoms with van der Waals surface area (Å²) in [4.78, 5) is 192. The molecule has 6 heterocycles. The molecule has 45 heteroatoms. The van der Waals surface area contributed by atoms with Crippen molar-refractivity contribution in [3.05, 3.63) is 315 Å². The Bertz CT molecular complexity index is 7220. The molecule has 2 aliphatic heterocycles. The Balaban J connectivity index is 0.000000140. The Morgan fingerprint density at radius 2 is 0.567 bits per heavy atom. The number of furan rings is 4. The van der Waals surface area contributed by atoms with E-state index in [2.05, 4.69) is 27.1 Å². The minimum Gasteiger partial charge on any atom is -0.386 e. The SMILES string of the molecule is Cc1cc(-c2c3c(=O)oc(=O)c3c(-c3cc(C)cc(C(F)(F)F)c3)c3c(=O)oc(=O)c23)cc(C(F)(F)F)c1.Cc1cc2c(cc1-c1cc3c(cc1C(F)(F)F)C(=O)OC3=O)C(=O)CC2=O.O=C1CC(=O)c2cc(C(c3ccc4c(c3)C(=O)OC4=O)(c3c(F)c(F)c(F)c(F)c3F)C(F)(F)F)ccc21.O=c1oc(=O)c2c(C(F)(F)F)c3c(=O)oc(=O)c3c(C(F)(F)F)c12. The first-order valence-electron chi connectivity index (χ1n) is 34.7. The summed E-state index contributed by atoms with van der Waals surface area (Å²) in [6, 6.07) is 12.7. The summed E-state index contributed by atoms with van der Waals surface area (Å²) < 4.78 is 345. The van der Waals surface area contributed by atoms with Gasteiger partial charge >= 0.3 is 106 Å². The van der Waals surface area contributed by atoms with Gasteiger partial charge in [0.1, 0.15) is 5.41 Å². The Hall–Kier alpha value is -15.1. The van der Waals surface area contributed by atoms with Gasteiger partial charge in [-0.15, -0.1) is 0 Å². The van der Waals surface area contributed by atoms with Gasteiger partial charge in [-0.3, -0.25) is 19.2 Å². The van der Waals surface area contributed by atoms with E-state index in [-0.39, 0.29) is 67.8 Å². The number of alkyl halides is 18. The molecular weight excluding hydrogens is 1770 g/mol. The molecule has 4 aromatic heterocycles. The number of benzene rings is 9. The fourth-order valence-corrected chi connectivity index (χ4v) is 15.4. The average Bonchev–Trinajstić information content (AvgIpc) is 1.68. The van der Waals surface area contributed by atoms with E-state index in [4.69, 9.17) is 0 Å². The molecule has 127 heavy (non-hydrogen) atoms. The molecule has 1 unspecified atom stereocenters. The molecule has 9 aromatic carbocycles. The van der Waals surface area contributed by atoms with Crippen LogP contribution in [-0.2, 0) is 45.8 Å². The van der Waals surface area contributed by atoms with E-state index in [1.807, 2.05) is 0 Å². The highest BCUT2D eigenvalue weighted by atomic mass is 19.4. The highest BCUT2D eigenvalue weighted by Gasteiger charge is 2.63. The van der Waals surface area contributed by atoms with Crippen molar-refractivity contribution in [2.75, 3.05) is 0 Å². The second-order valence-corrected chi connectivity index (χ2v) is 28.1. The first kappa shape index (κ1) is 88.2. The van der Waals surface area contributed by atoms with Crippen LogP contribution in [0.15, 0.2) is 153 Å². The molecule has 0 fully saturated rings. The number of aryl methyl sites for hydroxylation is 3. The predicted molar refractivity (Wildman–Crippen MR) is 380 cm³/mol. The van der Waals surface area contributed by atoms with Gasteiger partial charge in [0.05, 0.1) is 112 Å². The van der Waals surface area contributed by atoms with Gasteiger partial charge in [0.15, 0.2) is 46.4 Å². The Morgan fingerprint density at radius 3 is 0.929 bits per heavy atom. The lowest BCUT2D eigenvalue weighted by molar-refractivity contribution is -0.168. The first-order valence-corrected chi connectivity index (χ1v) is 34.7. The number of esters is 4. The van der Waals surface area contributed by atoms with Crippen molar-refractivity contribution in [2.24, 2.45) is 0 Å². The van der Waals surface area contributed by atoms with Crippen LogP contribution < -0.4 is 45.0 Å². The van der Waals surface area contributed by atoms with Crippen molar-refractivity contribution in [1.82, 2.24) is 0 Å². The zero-order valence-electron chi connectivity index (χ0n) is 61.8. The van der Waals surface area contributed by atoms with Crippen LogP contribution in [-0.4, -0.2) is 53.2 Å². The second kappa shape index (κ2) is 29.5. The number of fused-ring (bicyclic) bond motifs is 8. The molecule has 0 saturated carbocycles. The van der Waals surface area contributed by atoms with Crippen LogP contribution in [0, 0.1) is 49.9 Å². The van der Waals surface area contributed by atoms with Crippen molar-refractivity contribution in [1.29, 1.82) is 0 Å². The molecule has 1 atom stereocenters. The number of ether oxygens (including phenoxy) is 2. The smallest absolute Gasteiger partial charge is 0.386 e. The molecule has 0 amide bonds. The van der Waals surface area contributed by atoms with E-state index in [9.17, 15) is 156 Å². The van der Waals surface area contributed by atoms with Crippen LogP contribution in [0.25, 0.3) is 76.5 Å². The van der Waals surface area contributed by atoms with E-state index in [0.717, 1.165) is 24.3 Å². The van der Waals surface area contributed by atoms with Crippen molar-refractivity contribution in [3.8, 4) is 33.4 Å². The molecule has 17 rings (SSSR count). The number of hydrogen-bond donors (Lipinski definition) is 0. The van der Waals surface area contributed by atoms with Gasteiger partial charge < -0.3 is 27.1 Å². The molecule has 650 valence electrons. The molecule has 0 bridgehead atoms. The lowest BCUT2D eigenvalue weighted by atomic mass is 9.67. The second-order valence-electron chi connectivity index (χ2n) is 28.1. The van der Waals surface area contributed by atoms with Crippen LogP contribution in [0.5, 0.6) is 0 Å². The van der Waals surface area contributed by atoms with Gasteiger partial charge in [0.2, 0.25) is 5.82 Å². The summed E-state index contributed by atoms with van der Waals surface area (Å²) in [5.74, 6) is -21.2. The first-order chi connectivity index (χ1) is 58.7. The van der Waals surface area contributed by atoms with E-state index in [1.54, 1.807) is 0 Å². The number of cyclic esters (lactones) is 4. The molecule has 4 aliphatic rings. The normalized spacial score (nSPS) is 14.6. The third-order valence-corrected chi connectivity index (χ3v) is 20.5. The molecule has 0 radical (unpaired) electrons. The number of carbonyl (C=O) groups excluding carboxylic acids is 8. The maximum absolute atomic E-state index is 15.2. The summed E-state index contributed by atoms with van der Waals surface area (Å²) in [6.45, 7) is 4.13. The third kappa shape index (κ3) is 14.2. The number of Topliss-reactive ketones (excluding diaryl/α,β-unsaturated/α-hetero) is 4. The summed E-state index contributed by atoms with van der Waals surface area (Å²) in [7, 11) is 0. The summed E-state index contributed by atoms with van der Waals surface area (Å²) in [5.41, 5.74) is -34.5. The lowest BCUT2D eigenvalue weighted by Crippen LogP contribution is -2.46. The Morgan fingerprint density at radius 1 is 0.260 bits per heavy atom. The monoisotopic (exact) mass is 1800 g/mol. The van der Waals surface area contributed by atoms with E-state index in [0.29, 0.717) is 54.1 Å². The van der Waals surface area contributed by atoms with Gasteiger partial charge in [-0.25, -0.2) is 79.5 Å². The van der Waals surface area contributed by atoms with Gasteiger partial charge in [-0.2, -0.15) is 79.0 Å². The van der Waals surface area contributed by atoms with Crippen molar-refractivity contribution in [2.45, 2.75) is 76.1 Å². The quantitative estimate of drug-likeness (QED) is 0.0373. The Kier molecular flexibility index (Phi) is 20.5. The molecule has 22 nitrogen and oxygen atoms in total. The molecule has 13 aromatic rings. The highest BCUT2D eigenvalue weighted by molar-refractivity contribution is 6.26. The largest absolute Gasteiger partial charge is 0.418 e. The number of ketones is 4. The molecular formula is C82H29F23O22. The van der Waals surface area contributed by atoms with Crippen molar-refractivity contribution in [3.63, 3.8) is 0 Å². The molecule has 0 spiro atoms. The van der Waals surface area contributed by atoms with Gasteiger partial charge in [-0.05, 0) is 138 Å². The fourth-order valence-electron chi connectivity index (χ4n) is 15.4. The minimum atomic E-state index is -5.91. The van der Waals surface area contributed by atoms with Gasteiger partial charge in [0.25, 0.3) is 0 Å². The fraction of sp³-hybridized carbons (Fsp3) is 0.146. The number of carbonyl (C=O) groups is 8. The number of halogens is 23. The molecule has 0 N–H and O–H groups in total. The third-order valence-electron chi connectivity index (χ3n) is 20.5. The van der Waals surface area contributed by atoms with E-state index < -0.39 is 285 Å². The predicted octanol–water partition coefficient (Wildman–Crippen LogP) is 16.1. The molecule has 2 aliphatic carbocycles. The highest BCUT2D eigenvalue weighted by Crippen LogP contribution is 2.56. The standard InChI is InChI=1S/C26H12F6O6.C25H8F8O5.C19H9F3O5.C12F6O6/c1-9-3-11(7-13(5-9)25(27,28)29)15-17-19(23(35)37-21(17)33)16(20-18(15)22(34)38-24(20)36)12-4-10(2)6-14(8-12)26(30,31)32;26-17-16(18(27)20(29)21(30)19(17)28)24(25(31,32)33,8-1-3-10-12(5-8)15(35)7-14(10)34)9-2-4-11-13(6-9)23(37)38-22(11)36;1-7-2-10-11(16(24)6-15(10)23)3-8(7)9-4-12-13(18(26)27-17(12)25)5-14(9)19(20,21)22;13-11(14,15)5-1-2(8(20)23-7(1)19)6(12(16,17)18)4-3(5)9(21)24-10(4)22/h3-8H,1-2H3;1-6H,7H2;2-5H,6H2,1H3;. The van der Waals surface area contributed by atoms with E-state index in [1.165, 1.54) is 45.0 Å². The van der Waals surface area contributed by atoms with E-state index >= 15 is 22.0 Å². The number of hydrogen-bond acceptors (Lipinski definition) is 22. The summed E-state index contributed by atoms with van der Waals surface area (Å²) >= 11 is 0. The van der Waals surface area contributed by atoms with Crippen molar-refractivity contribution >= 4 is 90.1 Å². The van der Waals surface area contributed by atoms with Gasteiger partial charge in [-0.1, -0.05) is 30.3 Å². The van der Waals surface area contributed by atoms with Crippen LogP contribution in [0.4, 0.5) is 101 Å². The summed E-state index contributed by atoms with van der Waals surface area (Å²) in [6.07, 6.45) is -32.5. The Labute approximate surface area is 679 Å². The molecule has 0 saturated heterocycles. The topological polar surface area (TPSA) is 344 Å². The zero-order chi connectivity index (χ0) is 93.6. The van der Waals surface area contributed by atoms with Crippen LogP contribution >= 0.6 is 0 Å². The van der Waals surface area contributed by atoms with Crippen LogP contribution in [0.1, 0.15) is 157 Å². The zero-order valence-corrected chi connectivity index (χ0v) is 61.8. The minimum absolute atomic E-state index is 0.0490. The number of rotatable bonds is 6. The lowest BCUT2D eigenvalue weighted by Gasteiger charge is -2.38. The summed E-state index contributed by atoms with van der Waals surface area (Å²) in [5, 5.41) is -9.74. The van der Waals surface area contributed by atoms with Crippen LogP contribution in [0.2, 0.25) is 0 Å². The van der Waals surface area contributed by atoms with Crippen LogP contribution in [0.3, 0.4) is 0 Å². The average molecular weight is 1800 g/mol. The maximum atomic E-state index is 15.2. The van der Waals surface area contributed by atoms with Gasteiger partial charge in [0, 0.05) is 33.4 Å². The van der Waals surface area contributed by atoms with Crippen molar-refractivity contribution < 1.29 is 166 Å². The maximum Gasteiger partial charge on any atom is 0.418 e.